The maximum atomic E-state index is 9.65. The zero-order chi connectivity index (χ0) is 26.6. The largest absolute Gasteiger partial charge is 0.348 e. The Labute approximate surface area is 224 Å². The number of hydrogen-bond donors (Lipinski definition) is 0. The van der Waals surface area contributed by atoms with Gasteiger partial charge in [-0.2, -0.15) is 10.4 Å². The van der Waals surface area contributed by atoms with Crippen molar-refractivity contribution in [2.75, 3.05) is 14.1 Å². The van der Waals surface area contributed by atoms with Crippen molar-refractivity contribution in [1.29, 1.82) is 5.26 Å². The lowest BCUT2D eigenvalue weighted by molar-refractivity contribution is 0.555. The van der Waals surface area contributed by atoms with Gasteiger partial charge in [-0.05, 0) is 54.7 Å². The lowest BCUT2D eigenvalue weighted by Crippen LogP contribution is -2.40. The first-order valence-electron chi connectivity index (χ1n) is 12.6. The molecule has 1 fully saturated rings. The number of aryl methyl sites for hydroxylation is 1. The van der Waals surface area contributed by atoms with Gasteiger partial charge in [0.15, 0.2) is 5.65 Å². The van der Waals surface area contributed by atoms with Crippen LogP contribution in [0.5, 0.6) is 0 Å². The summed E-state index contributed by atoms with van der Waals surface area (Å²) in [5.74, 6) is 0.619. The molecular weight excluding hydrogens is 498 g/mol. The Morgan fingerprint density at radius 2 is 1.95 bits per heavy atom. The van der Waals surface area contributed by atoms with Crippen LogP contribution in [0.1, 0.15) is 24.0 Å². The van der Waals surface area contributed by atoms with E-state index in [9.17, 15) is 5.26 Å². The number of halogens is 1. The quantitative estimate of drug-likeness (QED) is 0.349. The molecule has 10 heteroatoms. The highest BCUT2D eigenvalue weighted by atomic mass is 35.5. The standard InChI is InChI=1S/C28H28ClN9/c1-31-26-24-25(23-11-18(13-30)14-35(23)3)38(16-19-9-10-33-22-8-7-20(29)12-21(19)22)34-27(24)37(15-17-5-6-17)28(32-2)36(26)4/h7-12,14,17H,5-6,15-16H2,1-4H3/b31-26-,32-28+. The van der Waals surface area contributed by atoms with Crippen molar-refractivity contribution in [3.05, 3.63) is 70.0 Å². The van der Waals surface area contributed by atoms with Gasteiger partial charge in [-0.1, -0.05) is 11.6 Å². The van der Waals surface area contributed by atoms with Gasteiger partial charge >= 0.3 is 0 Å². The third-order valence-corrected chi connectivity index (χ3v) is 7.55. The molecule has 4 aromatic heterocycles. The summed E-state index contributed by atoms with van der Waals surface area (Å²) in [6.07, 6.45) is 6.08. The molecular formula is C28H28ClN9. The Morgan fingerprint density at radius 3 is 2.63 bits per heavy atom. The van der Waals surface area contributed by atoms with Crippen LogP contribution in [-0.4, -0.2) is 42.6 Å². The van der Waals surface area contributed by atoms with Gasteiger partial charge in [-0.15, -0.1) is 0 Å². The van der Waals surface area contributed by atoms with Crippen LogP contribution in [0.25, 0.3) is 33.3 Å². The fourth-order valence-corrected chi connectivity index (χ4v) is 5.52. The van der Waals surface area contributed by atoms with Crippen LogP contribution in [0.2, 0.25) is 5.02 Å². The van der Waals surface area contributed by atoms with Crippen LogP contribution in [0.15, 0.2) is 52.7 Å². The first-order chi connectivity index (χ1) is 18.4. The van der Waals surface area contributed by atoms with Gasteiger partial charge in [0.05, 0.1) is 34.4 Å². The highest BCUT2D eigenvalue weighted by Gasteiger charge is 2.27. The molecule has 0 spiro atoms. The Hall–Kier alpha value is -4.16. The van der Waals surface area contributed by atoms with Crippen molar-refractivity contribution >= 4 is 33.5 Å². The molecule has 6 rings (SSSR count). The molecule has 1 aromatic carbocycles. The number of benzene rings is 1. The molecule has 0 saturated heterocycles. The predicted octanol–water partition coefficient (Wildman–Crippen LogP) is 3.77. The van der Waals surface area contributed by atoms with Crippen molar-refractivity contribution in [2.45, 2.75) is 25.9 Å². The molecule has 38 heavy (non-hydrogen) atoms. The molecule has 0 amide bonds. The fraction of sp³-hybridized carbons (Fsp3) is 0.321. The van der Waals surface area contributed by atoms with E-state index in [0.717, 1.165) is 56.5 Å². The third kappa shape index (κ3) is 3.92. The van der Waals surface area contributed by atoms with Gasteiger partial charge in [-0.3, -0.25) is 28.8 Å². The second kappa shape index (κ2) is 9.30. The Bertz CT molecular complexity index is 1910. The number of nitriles is 1. The summed E-state index contributed by atoms with van der Waals surface area (Å²) in [5.41, 5.74) is 6.77. The highest BCUT2D eigenvalue weighted by molar-refractivity contribution is 6.31. The molecule has 0 atom stereocenters. The Morgan fingerprint density at radius 1 is 1.13 bits per heavy atom. The highest BCUT2D eigenvalue weighted by Crippen LogP contribution is 2.33. The van der Waals surface area contributed by atoms with Crippen molar-refractivity contribution in [2.24, 2.45) is 30.0 Å². The molecule has 0 N–H and O–H groups in total. The summed E-state index contributed by atoms with van der Waals surface area (Å²) in [6, 6.07) is 11.9. The molecule has 0 unspecified atom stereocenters. The number of fused-ring (bicyclic) bond motifs is 2. The topological polar surface area (TPSA) is 94.0 Å². The zero-order valence-electron chi connectivity index (χ0n) is 21.9. The van der Waals surface area contributed by atoms with E-state index in [1.807, 2.05) is 77.7 Å². The minimum atomic E-state index is 0.491. The van der Waals surface area contributed by atoms with Gasteiger partial charge in [0.1, 0.15) is 11.6 Å². The molecule has 4 heterocycles. The van der Waals surface area contributed by atoms with Crippen LogP contribution in [0, 0.1) is 17.2 Å². The first kappa shape index (κ1) is 24.2. The fourth-order valence-electron chi connectivity index (χ4n) is 5.35. The van der Waals surface area contributed by atoms with Crippen LogP contribution >= 0.6 is 11.6 Å². The van der Waals surface area contributed by atoms with Crippen molar-refractivity contribution in [3.63, 3.8) is 0 Å². The Balaban J connectivity index is 1.72. The summed E-state index contributed by atoms with van der Waals surface area (Å²) in [5, 5.41) is 17.5. The number of aromatic nitrogens is 6. The summed E-state index contributed by atoms with van der Waals surface area (Å²) in [7, 11) is 7.56. The minimum absolute atomic E-state index is 0.491. The summed E-state index contributed by atoms with van der Waals surface area (Å²) < 4.78 is 8.26. The van der Waals surface area contributed by atoms with E-state index < -0.39 is 0 Å². The average Bonchev–Trinajstić information content (AvgIpc) is 3.55. The third-order valence-electron chi connectivity index (χ3n) is 7.31. The van der Waals surface area contributed by atoms with Gasteiger partial charge in [0, 0.05) is 57.5 Å². The van der Waals surface area contributed by atoms with Crippen LogP contribution < -0.4 is 11.1 Å². The molecule has 1 saturated carbocycles. The second-order valence-corrected chi connectivity index (χ2v) is 10.3. The second-order valence-electron chi connectivity index (χ2n) is 9.86. The summed E-state index contributed by atoms with van der Waals surface area (Å²) in [4.78, 5) is 13.9. The van der Waals surface area contributed by atoms with E-state index in [-0.39, 0.29) is 0 Å². The van der Waals surface area contributed by atoms with E-state index in [0.29, 0.717) is 23.0 Å². The molecule has 0 aliphatic heterocycles. The number of rotatable bonds is 5. The first-order valence-corrected chi connectivity index (χ1v) is 13.0. The number of pyridine rings is 1. The monoisotopic (exact) mass is 525 g/mol. The van der Waals surface area contributed by atoms with Crippen molar-refractivity contribution < 1.29 is 0 Å². The van der Waals surface area contributed by atoms with Crippen LogP contribution in [-0.2, 0) is 27.2 Å². The normalized spacial score (nSPS) is 14.6. The van der Waals surface area contributed by atoms with Gasteiger partial charge < -0.3 is 4.57 Å². The van der Waals surface area contributed by atoms with Gasteiger partial charge in [-0.25, -0.2) is 0 Å². The summed E-state index contributed by atoms with van der Waals surface area (Å²) in [6.45, 7) is 1.34. The lowest BCUT2D eigenvalue weighted by Gasteiger charge is -2.13. The number of nitrogens with zero attached hydrogens (tertiary/aromatic N) is 9. The van der Waals surface area contributed by atoms with E-state index in [1.54, 1.807) is 7.05 Å². The molecule has 0 radical (unpaired) electrons. The van der Waals surface area contributed by atoms with E-state index >= 15 is 0 Å². The van der Waals surface area contributed by atoms with Crippen LogP contribution in [0.4, 0.5) is 0 Å². The van der Waals surface area contributed by atoms with Crippen LogP contribution in [0.3, 0.4) is 0 Å². The molecule has 9 nitrogen and oxygen atoms in total. The lowest BCUT2D eigenvalue weighted by atomic mass is 10.1. The molecule has 5 aromatic rings. The van der Waals surface area contributed by atoms with Crippen molar-refractivity contribution in [3.8, 4) is 17.5 Å². The average molecular weight is 526 g/mol. The van der Waals surface area contributed by atoms with Gasteiger partial charge in [0.2, 0.25) is 5.62 Å². The Kier molecular flexibility index (Phi) is 5.92. The molecule has 192 valence electrons. The van der Waals surface area contributed by atoms with E-state index in [1.165, 1.54) is 12.8 Å². The molecule has 1 aliphatic rings. The molecule has 0 bridgehead atoms. The van der Waals surface area contributed by atoms with E-state index in [4.69, 9.17) is 21.7 Å². The van der Waals surface area contributed by atoms with E-state index in [2.05, 4.69) is 20.6 Å². The van der Waals surface area contributed by atoms with Crippen molar-refractivity contribution in [1.82, 2.24) is 28.5 Å². The van der Waals surface area contributed by atoms with Gasteiger partial charge in [0.25, 0.3) is 0 Å². The zero-order valence-corrected chi connectivity index (χ0v) is 22.6. The number of hydrogen-bond acceptors (Lipinski definition) is 5. The smallest absolute Gasteiger partial charge is 0.207 e. The minimum Gasteiger partial charge on any atom is -0.348 e. The summed E-state index contributed by atoms with van der Waals surface area (Å²) >= 11 is 6.38. The maximum absolute atomic E-state index is 9.65. The SMILES string of the molecule is C/N=c1/c2c(-c3cc(C#N)cn3C)n(Cc3ccnc4ccc(Cl)cc34)nc2n(CC2CC2)/c(=N/C)n1C. The maximum Gasteiger partial charge on any atom is 0.207 e. The molecule has 1 aliphatic carbocycles. The predicted molar refractivity (Wildman–Crippen MR) is 147 cm³/mol.